The van der Waals surface area contributed by atoms with Crippen LogP contribution in [0.5, 0.6) is 5.75 Å². The molecule has 1 aromatic heterocycles. The van der Waals surface area contributed by atoms with Gasteiger partial charge in [-0.15, -0.1) is 11.6 Å². The van der Waals surface area contributed by atoms with Crippen LogP contribution in [0.25, 0.3) is 11.0 Å². The summed E-state index contributed by atoms with van der Waals surface area (Å²) in [5.41, 5.74) is 2.12. The monoisotopic (exact) mass is 278 g/mol. The number of fused-ring (bicyclic) bond motifs is 1. The lowest BCUT2D eigenvalue weighted by Crippen LogP contribution is -2.11. The number of alkyl halides is 1. The summed E-state index contributed by atoms with van der Waals surface area (Å²) in [7, 11) is 1.68. The summed E-state index contributed by atoms with van der Waals surface area (Å²) >= 11 is 6.31. The zero-order chi connectivity index (χ0) is 13.6. The van der Waals surface area contributed by atoms with Crippen molar-refractivity contribution in [1.29, 1.82) is 0 Å². The first-order valence-corrected chi connectivity index (χ1v) is 7.25. The predicted molar refractivity (Wildman–Crippen MR) is 78.0 cm³/mol. The number of aromatic nitrogens is 2. The van der Waals surface area contributed by atoms with Crippen molar-refractivity contribution in [2.75, 3.05) is 7.11 Å². The maximum Gasteiger partial charge on any atom is 0.127 e. The Hall–Kier alpha value is -1.22. The molecule has 0 amide bonds. The van der Waals surface area contributed by atoms with Crippen LogP contribution in [-0.4, -0.2) is 16.7 Å². The lowest BCUT2D eigenvalue weighted by Gasteiger charge is -2.18. The summed E-state index contributed by atoms with van der Waals surface area (Å²) in [5, 5.41) is -0.0837. The largest absolute Gasteiger partial charge is 0.497 e. The average molecular weight is 279 g/mol. The molecule has 1 fully saturated rings. The summed E-state index contributed by atoms with van der Waals surface area (Å²) in [6.07, 6.45) is 2.63. The first kappa shape index (κ1) is 12.8. The molecule has 0 saturated heterocycles. The first-order chi connectivity index (χ1) is 9.11. The summed E-state index contributed by atoms with van der Waals surface area (Å²) < 4.78 is 7.58. The quantitative estimate of drug-likeness (QED) is 0.779. The van der Waals surface area contributed by atoms with Crippen molar-refractivity contribution >= 4 is 22.6 Å². The Labute approximate surface area is 118 Å². The molecule has 0 N–H and O–H groups in total. The molecule has 1 aliphatic rings. The zero-order valence-electron chi connectivity index (χ0n) is 11.6. The third kappa shape index (κ3) is 2.20. The number of imidazole rings is 1. The Balaban J connectivity index is 2.17. The molecule has 1 heterocycles. The summed E-state index contributed by atoms with van der Waals surface area (Å²) in [5.74, 6) is 2.57. The van der Waals surface area contributed by atoms with E-state index in [9.17, 15) is 0 Å². The Morgan fingerprint density at radius 2 is 2.11 bits per heavy atom. The number of ether oxygens (including phenoxy) is 1. The number of nitrogens with zero attached hydrogens (tertiary/aromatic N) is 2. The van der Waals surface area contributed by atoms with E-state index < -0.39 is 0 Å². The second-order valence-corrected chi connectivity index (χ2v) is 6.04. The Morgan fingerprint density at radius 3 is 2.68 bits per heavy atom. The van der Waals surface area contributed by atoms with E-state index in [1.165, 1.54) is 12.8 Å². The highest BCUT2D eigenvalue weighted by Crippen LogP contribution is 2.42. The normalized spacial score (nSPS) is 18.5. The standard InChI is InChI=1S/C15H19ClN2O/c1-9(16)15-17-13-8-12(19-3)6-7-14(13)18(15)10(2)11-4-5-11/h6-11H,4-5H2,1-3H3. The van der Waals surface area contributed by atoms with Gasteiger partial charge in [0.15, 0.2) is 0 Å². The number of hydrogen-bond acceptors (Lipinski definition) is 2. The van der Waals surface area contributed by atoms with Crippen LogP contribution in [0.1, 0.15) is 43.9 Å². The highest BCUT2D eigenvalue weighted by Gasteiger charge is 2.32. The molecule has 2 aromatic rings. The van der Waals surface area contributed by atoms with E-state index in [2.05, 4.69) is 17.6 Å². The Kier molecular flexibility index (Phi) is 3.17. The first-order valence-electron chi connectivity index (χ1n) is 6.81. The molecular weight excluding hydrogens is 260 g/mol. The Bertz CT molecular complexity index is 601. The molecular formula is C15H19ClN2O. The van der Waals surface area contributed by atoms with Gasteiger partial charge in [0.1, 0.15) is 11.6 Å². The van der Waals surface area contributed by atoms with Crippen molar-refractivity contribution in [1.82, 2.24) is 9.55 Å². The van der Waals surface area contributed by atoms with Crippen LogP contribution in [0.3, 0.4) is 0 Å². The number of methoxy groups -OCH3 is 1. The van der Waals surface area contributed by atoms with E-state index in [4.69, 9.17) is 21.3 Å². The molecule has 0 radical (unpaired) electrons. The molecule has 1 aliphatic carbocycles. The molecule has 2 atom stereocenters. The van der Waals surface area contributed by atoms with Gasteiger partial charge in [-0.1, -0.05) is 0 Å². The number of benzene rings is 1. The van der Waals surface area contributed by atoms with Gasteiger partial charge in [0.2, 0.25) is 0 Å². The van der Waals surface area contributed by atoms with Crippen LogP contribution < -0.4 is 4.74 Å². The second-order valence-electron chi connectivity index (χ2n) is 5.39. The van der Waals surface area contributed by atoms with Crippen LogP contribution in [0.4, 0.5) is 0 Å². The minimum absolute atomic E-state index is 0.0837. The number of rotatable bonds is 4. The maximum absolute atomic E-state index is 6.31. The fourth-order valence-electron chi connectivity index (χ4n) is 2.72. The van der Waals surface area contributed by atoms with Gasteiger partial charge in [-0.2, -0.15) is 0 Å². The summed E-state index contributed by atoms with van der Waals surface area (Å²) in [4.78, 5) is 4.70. The van der Waals surface area contributed by atoms with Gasteiger partial charge in [-0.3, -0.25) is 0 Å². The van der Waals surface area contributed by atoms with Crippen molar-refractivity contribution < 1.29 is 4.74 Å². The van der Waals surface area contributed by atoms with Crippen LogP contribution in [-0.2, 0) is 0 Å². The number of hydrogen-bond donors (Lipinski definition) is 0. The number of halogens is 1. The molecule has 19 heavy (non-hydrogen) atoms. The fourth-order valence-corrected chi connectivity index (χ4v) is 2.88. The van der Waals surface area contributed by atoms with Gasteiger partial charge < -0.3 is 9.30 Å². The van der Waals surface area contributed by atoms with Gasteiger partial charge in [0.25, 0.3) is 0 Å². The van der Waals surface area contributed by atoms with Gasteiger partial charge in [0.05, 0.1) is 23.5 Å². The van der Waals surface area contributed by atoms with Crippen LogP contribution >= 0.6 is 11.6 Å². The lowest BCUT2D eigenvalue weighted by atomic mass is 10.2. The van der Waals surface area contributed by atoms with Crippen LogP contribution in [0.15, 0.2) is 18.2 Å². The molecule has 3 nitrogen and oxygen atoms in total. The van der Waals surface area contributed by atoms with Crippen molar-refractivity contribution in [2.45, 2.75) is 38.1 Å². The van der Waals surface area contributed by atoms with Gasteiger partial charge in [0, 0.05) is 12.1 Å². The van der Waals surface area contributed by atoms with E-state index >= 15 is 0 Å². The van der Waals surface area contributed by atoms with E-state index in [0.717, 1.165) is 28.5 Å². The van der Waals surface area contributed by atoms with Gasteiger partial charge in [-0.25, -0.2) is 4.98 Å². The summed E-state index contributed by atoms with van der Waals surface area (Å²) in [6, 6.07) is 6.52. The zero-order valence-corrected chi connectivity index (χ0v) is 12.3. The molecule has 3 rings (SSSR count). The highest BCUT2D eigenvalue weighted by atomic mass is 35.5. The predicted octanol–water partition coefficient (Wildman–Crippen LogP) is 4.32. The minimum atomic E-state index is -0.0837. The molecule has 0 aliphatic heterocycles. The Morgan fingerprint density at radius 1 is 1.37 bits per heavy atom. The van der Waals surface area contributed by atoms with Gasteiger partial charge >= 0.3 is 0 Å². The van der Waals surface area contributed by atoms with Crippen molar-refractivity contribution in [3.63, 3.8) is 0 Å². The molecule has 1 aromatic carbocycles. The van der Waals surface area contributed by atoms with E-state index in [1.807, 2.05) is 19.1 Å². The third-order valence-corrected chi connectivity index (χ3v) is 4.19. The fraction of sp³-hybridized carbons (Fsp3) is 0.533. The van der Waals surface area contributed by atoms with Crippen LogP contribution in [0, 0.1) is 5.92 Å². The smallest absolute Gasteiger partial charge is 0.127 e. The second kappa shape index (κ2) is 4.71. The van der Waals surface area contributed by atoms with Crippen molar-refractivity contribution in [2.24, 2.45) is 5.92 Å². The third-order valence-electron chi connectivity index (χ3n) is 3.99. The van der Waals surface area contributed by atoms with Crippen molar-refractivity contribution in [3.8, 4) is 5.75 Å². The molecule has 102 valence electrons. The summed E-state index contributed by atoms with van der Waals surface area (Å²) in [6.45, 7) is 4.25. The molecule has 0 bridgehead atoms. The molecule has 4 heteroatoms. The SMILES string of the molecule is COc1ccc2c(c1)nc(C(C)Cl)n2C(C)C1CC1. The average Bonchev–Trinajstić information content (AvgIpc) is 3.17. The molecule has 0 spiro atoms. The van der Waals surface area contributed by atoms with Gasteiger partial charge in [-0.05, 0) is 44.7 Å². The van der Waals surface area contributed by atoms with E-state index in [-0.39, 0.29) is 5.38 Å². The van der Waals surface area contributed by atoms with E-state index in [0.29, 0.717) is 6.04 Å². The van der Waals surface area contributed by atoms with Crippen LogP contribution in [0.2, 0.25) is 0 Å². The highest BCUT2D eigenvalue weighted by molar-refractivity contribution is 6.20. The maximum atomic E-state index is 6.31. The van der Waals surface area contributed by atoms with Crippen molar-refractivity contribution in [3.05, 3.63) is 24.0 Å². The minimum Gasteiger partial charge on any atom is -0.497 e. The molecule has 1 saturated carbocycles. The molecule has 2 unspecified atom stereocenters. The van der Waals surface area contributed by atoms with E-state index in [1.54, 1.807) is 7.11 Å². The topological polar surface area (TPSA) is 27.1 Å². The lowest BCUT2D eigenvalue weighted by molar-refractivity contribution is 0.415.